The normalized spacial score (nSPS) is 11.6. The molecule has 26 heavy (non-hydrogen) atoms. The fourth-order valence-electron chi connectivity index (χ4n) is 2.18. The first-order chi connectivity index (χ1) is 11.9. The quantitative estimate of drug-likeness (QED) is 0.317. The van der Waals surface area contributed by atoms with Crippen molar-refractivity contribution in [2.75, 3.05) is 13.6 Å². The van der Waals surface area contributed by atoms with Gasteiger partial charge in [-0.1, -0.05) is 35.9 Å². The lowest BCUT2D eigenvalue weighted by Crippen LogP contribution is -2.37. The number of aliphatic imine (C=N–C) groups is 1. The van der Waals surface area contributed by atoms with Gasteiger partial charge < -0.3 is 10.6 Å². The maximum absolute atomic E-state index is 11.2. The molecule has 0 atom stereocenters. The Hall–Kier alpha value is -1.36. The van der Waals surface area contributed by atoms with Crippen molar-refractivity contribution in [1.82, 2.24) is 10.6 Å². The van der Waals surface area contributed by atoms with E-state index in [0.29, 0.717) is 24.1 Å². The van der Waals surface area contributed by atoms with Crippen LogP contribution in [-0.2, 0) is 23.0 Å². The Morgan fingerprint density at radius 3 is 2.15 bits per heavy atom. The summed E-state index contributed by atoms with van der Waals surface area (Å²) in [5.41, 5.74) is 2.11. The van der Waals surface area contributed by atoms with Crippen LogP contribution in [0.1, 0.15) is 11.1 Å². The van der Waals surface area contributed by atoms with Gasteiger partial charge in [0.05, 0.1) is 4.90 Å². The molecule has 0 radical (unpaired) electrons. The number of hydrogen-bond acceptors (Lipinski definition) is 3. The molecule has 0 amide bonds. The van der Waals surface area contributed by atoms with E-state index in [4.69, 9.17) is 16.7 Å². The minimum atomic E-state index is -3.65. The Bertz CT molecular complexity index is 825. The van der Waals surface area contributed by atoms with Crippen molar-refractivity contribution < 1.29 is 8.42 Å². The van der Waals surface area contributed by atoms with Gasteiger partial charge in [0.15, 0.2) is 5.96 Å². The molecule has 142 valence electrons. The van der Waals surface area contributed by atoms with Gasteiger partial charge >= 0.3 is 0 Å². The molecule has 2 aromatic carbocycles. The number of primary sulfonamides is 1. The van der Waals surface area contributed by atoms with Gasteiger partial charge in [-0.2, -0.15) is 0 Å². The van der Waals surface area contributed by atoms with Crippen LogP contribution in [-0.4, -0.2) is 28.0 Å². The summed E-state index contributed by atoms with van der Waals surface area (Å²) in [5, 5.41) is 12.2. The van der Waals surface area contributed by atoms with Gasteiger partial charge in [-0.05, 0) is 41.8 Å². The number of halogens is 2. The largest absolute Gasteiger partial charge is 0.356 e. The summed E-state index contributed by atoms with van der Waals surface area (Å²) >= 11 is 5.87. The predicted molar refractivity (Wildman–Crippen MR) is 117 cm³/mol. The van der Waals surface area contributed by atoms with Crippen LogP contribution in [0.3, 0.4) is 0 Å². The van der Waals surface area contributed by atoms with Crippen molar-refractivity contribution >= 4 is 51.6 Å². The second-order valence-corrected chi connectivity index (χ2v) is 7.42. The molecule has 0 spiro atoms. The van der Waals surface area contributed by atoms with E-state index in [1.165, 1.54) is 12.1 Å². The van der Waals surface area contributed by atoms with E-state index in [0.717, 1.165) is 17.5 Å². The molecule has 6 nitrogen and oxygen atoms in total. The van der Waals surface area contributed by atoms with E-state index < -0.39 is 10.0 Å². The van der Waals surface area contributed by atoms with Crippen molar-refractivity contribution in [3.8, 4) is 0 Å². The van der Waals surface area contributed by atoms with Gasteiger partial charge in [-0.3, -0.25) is 4.99 Å². The van der Waals surface area contributed by atoms with Crippen molar-refractivity contribution in [1.29, 1.82) is 0 Å². The molecule has 0 saturated carbocycles. The third-order valence-electron chi connectivity index (χ3n) is 3.55. The highest BCUT2D eigenvalue weighted by molar-refractivity contribution is 14.0. The Morgan fingerprint density at radius 1 is 1.04 bits per heavy atom. The van der Waals surface area contributed by atoms with Crippen LogP contribution in [0.4, 0.5) is 0 Å². The molecule has 0 aliphatic rings. The minimum Gasteiger partial charge on any atom is -0.356 e. The molecule has 2 rings (SSSR count). The summed E-state index contributed by atoms with van der Waals surface area (Å²) in [6.07, 6.45) is 0.729. The average Bonchev–Trinajstić information content (AvgIpc) is 2.59. The topological polar surface area (TPSA) is 96.6 Å². The maximum Gasteiger partial charge on any atom is 0.238 e. The Morgan fingerprint density at radius 2 is 1.62 bits per heavy atom. The molecule has 0 aromatic heterocycles. The summed E-state index contributed by atoms with van der Waals surface area (Å²) in [7, 11) is -1.94. The number of sulfonamides is 1. The minimum absolute atomic E-state index is 0. The fourth-order valence-corrected chi connectivity index (χ4v) is 2.82. The molecule has 0 saturated heterocycles. The SMILES string of the molecule is CN=C(NCCc1ccc(S(N)(=O)=O)cc1)NCc1ccc(Cl)cc1.I. The lowest BCUT2D eigenvalue weighted by Gasteiger charge is -2.12. The maximum atomic E-state index is 11.2. The number of nitrogens with one attached hydrogen (secondary N) is 2. The highest BCUT2D eigenvalue weighted by Crippen LogP contribution is 2.10. The van der Waals surface area contributed by atoms with Gasteiger partial charge in [0.1, 0.15) is 0 Å². The lowest BCUT2D eigenvalue weighted by atomic mass is 10.1. The van der Waals surface area contributed by atoms with Crippen molar-refractivity contribution in [3.05, 3.63) is 64.7 Å². The number of nitrogens with zero attached hydrogens (tertiary/aromatic N) is 1. The number of benzene rings is 2. The molecule has 0 aliphatic carbocycles. The Balaban J connectivity index is 0.00000338. The van der Waals surface area contributed by atoms with Gasteiger partial charge in [0.25, 0.3) is 0 Å². The Labute approximate surface area is 176 Å². The molecule has 9 heteroatoms. The van der Waals surface area contributed by atoms with E-state index in [1.807, 2.05) is 24.3 Å². The summed E-state index contributed by atoms with van der Waals surface area (Å²) < 4.78 is 22.5. The fraction of sp³-hybridized carbons (Fsp3) is 0.235. The highest BCUT2D eigenvalue weighted by Gasteiger charge is 2.06. The van der Waals surface area contributed by atoms with Gasteiger partial charge in [-0.15, -0.1) is 24.0 Å². The molecule has 0 aliphatic heterocycles. The van der Waals surface area contributed by atoms with Crippen molar-refractivity contribution in [3.63, 3.8) is 0 Å². The van der Waals surface area contributed by atoms with Gasteiger partial charge in [0.2, 0.25) is 10.0 Å². The first-order valence-corrected chi connectivity index (χ1v) is 9.61. The molecule has 0 fully saturated rings. The number of guanidine groups is 1. The van der Waals surface area contributed by atoms with Crippen LogP contribution in [0.5, 0.6) is 0 Å². The van der Waals surface area contributed by atoms with Gasteiger partial charge in [0, 0.05) is 25.2 Å². The first kappa shape index (κ1) is 22.7. The molecule has 0 heterocycles. The second kappa shape index (κ2) is 10.7. The third kappa shape index (κ3) is 7.48. The average molecular weight is 509 g/mol. The van der Waals surface area contributed by atoms with Crippen LogP contribution in [0.15, 0.2) is 58.4 Å². The van der Waals surface area contributed by atoms with Gasteiger partial charge in [-0.25, -0.2) is 13.6 Å². The van der Waals surface area contributed by atoms with Crippen LogP contribution in [0, 0.1) is 0 Å². The molecule has 0 bridgehead atoms. The molecule has 0 unspecified atom stereocenters. The van der Waals surface area contributed by atoms with Crippen molar-refractivity contribution in [2.24, 2.45) is 10.1 Å². The molecule has 4 N–H and O–H groups in total. The predicted octanol–water partition coefficient (Wildman–Crippen LogP) is 2.51. The zero-order chi connectivity index (χ0) is 18.3. The van der Waals surface area contributed by atoms with E-state index in [-0.39, 0.29) is 28.9 Å². The van der Waals surface area contributed by atoms with E-state index in [2.05, 4.69) is 15.6 Å². The van der Waals surface area contributed by atoms with Crippen molar-refractivity contribution in [2.45, 2.75) is 17.9 Å². The zero-order valence-electron chi connectivity index (χ0n) is 14.3. The highest BCUT2D eigenvalue weighted by atomic mass is 127. The smallest absolute Gasteiger partial charge is 0.238 e. The third-order valence-corrected chi connectivity index (χ3v) is 4.74. The summed E-state index contributed by atoms with van der Waals surface area (Å²) in [6.45, 7) is 1.30. The standard InChI is InChI=1S/C17H21ClN4O2S.HI/c1-20-17(22-12-14-2-6-15(18)7-3-14)21-11-10-13-4-8-16(9-5-13)25(19,23)24;/h2-9H,10-12H2,1H3,(H2,19,23,24)(H2,20,21,22);1H. The summed E-state index contributed by atoms with van der Waals surface area (Å²) in [6, 6.07) is 14.1. The van der Waals surface area contributed by atoms with Crippen LogP contribution < -0.4 is 15.8 Å². The van der Waals surface area contributed by atoms with E-state index in [1.54, 1.807) is 19.2 Å². The Kier molecular flexibility index (Phi) is 9.34. The molecular weight excluding hydrogens is 487 g/mol. The number of nitrogens with two attached hydrogens (primary N) is 1. The lowest BCUT2D eigenvalue weighted by molar-refractivity contribution is 0.598. The summed E-state index contributed by atoms with van der Waals surface area (Å²) in [5.74, 6) is 0.691. The first-order valence-electron chi connectivity index (χ1n) is 7.69. The molecule has 2 aromatic rings. The van der Waals surface area contributed by atoms with Crippen LogP contribution in [0.2, 0.25) is 5.02 Å². The monoisotopic (exact) mass is 508 g/mol. The molecular formula is C17H22ClIN4O2S. The summed E-state index contributed by atoms with van der Waals surface area (Å²) in [4.78, 5) is 4.29. The van der Waals surface area contributed by atoms with Crippen LogP contribution >= 0.6 is 35.6 Å². The zero-order valence-corrected chi connectivity index (χ0v) is 18.2. The second-order valence-electron chi connectivity index (χ2n) is 5.42. The van der Waals surface area contributed by atoms with E-state index in [9.17, 15) is 8.42 Å². The van der Waals surface area contributed by atoms with Crippen LogP contribution in [0.25, 0.3) is 0 Å². The number of hydrogen-bond donors (Lipinski definition) is 3. The number of rotatable bonds is 6. The van der Waals surface area contributed by atoms with E-state index >= 15 is 0 Å².